The number of benzene rings is 3. The second kappa shape index (κ2) is 11.3. The SMILES string of the molecule is COc1cc(/C=C2/NC(=O)N(CC(=O)Nc3cccc(C)c3)C2=O)c(Br)cc1OCc1cccc(C)c1. The minimum absolute atomic E-state index is 0.0459. The van der Waals surface area contributed by atoms with E-state index >= 15 is 0 Å². The summed E-state index contributed by atoms with van der Waals surface area (Å²) in [7, 11) is 1.52. The molecule has 2 N–H and O–H groups in total. The molecule has 0 spiro atoms. The minimum Gasteiger partial charge on any atom is -0.493 e. The monoisotopic (exact) mass is 563 g/mol. The number of carbonyl (C=O) groups excluding carboxylic acids is 3. The predicted molar refractivity (Wildman–Crippen MR) is 144 cm³/mol. The van der Waals surface area contributed by atoms with Crippen molar-refractivity contribution >= 4 is 45.5 Å². The van der Waals surface area contributed by atoms with Crippen molar-refractivity contribution in [1.29, 1.82) is 0 Å². The zero-order valence-electron chi connectivity index (χ0n) is 20.6. The Morgan fingerprint density at radius 1 is 1.03 bits per heavy atom. The van der Waals surface area contributed by atoms with Gasteiger partial charge in [-0.3, -0.25) is 9.59 Å². The molecule has 0 bridgehead atoms. The first-order valence-corrected chi connectivity index (χ1v) is 12.3. The molecule has 1 aliphatic heterocycles. The molecule has 0 saturated carbocycles. The average Bonchev–Trinajstić information content (AvgIpc) is 3.11. The fourth-order valence-corrected chi connectivity index (χ4v) is 4.27. The van der Waals surface area contributed by atoms with E-state index in [0.29, 0.717) is 33.8 Å². The minimum atomic E-state index is -0.670. The van der Waals surface area contributed by atoms with Crippen molar-refractivity contribution in [3.63, 3.8) is 0 Å². The third-order valence-corrected chi connectivity index (χ3v) is 6.31. The van der Waals surface area contributed by atoms with Crippen LogP contribution in [0.3, 0.4) is 0 Å². The van der Waals surface area contributed by atoms with Crippen LogP contribution >= 0.6 is 15.9 Å². The second-order valence-corrected chi connectivity index (χ2v) is 9.45. The van der Waals surface area contributed by atoms with E-state index in [1.165, 1.54) is 13.2 Å². The molecule has 4 rings (SSSR count). The first kappa shape index (κ1) is 26.0. The Morgan fingerprint density at radius 3 is 2.46 bits per heavy atom. The number of ether oxygens (including phenoxy) is 2. The smallest absolute Gasteiger partial charge is 0.329 e. The summed E-state index contributed by atoms with van der Waals surface area (Å²) >= 11 is 3.51. The number of urea groups is 1. The van der Waals surface area contributed by atoms with Crippen LogP contribution in [-0.4, -0.2) is 36.4 Å². The Balaban J connectivity index is 1.47. The summed E-state index contributed by atoms with van der Waals surface area (Å²) in [6.07, 6.45) is 1.52. The lowest BCUT2D eigenvalue weighted by atomic mass is 10.1. The lowest BCUT2D eigenvalue weighted by Gasteiger charge is -2.13. The number of nitrogens with zero attached hydrogens (tertiary/aromatic N) is 1. The van der Waals surface area contributed by atoms with E-state index in [2.05, 4.69) is 26.6 Å². The first-order chi connectivity index (χ1) is 17.7. The van der Waals surface area contributed by atoms with Gasteiger partial charge in [-0.25, -0.2) is 9.69 Å². The Kier molecular flexibility index (Phi) is 7.93. The largest absolute Gasteiger partial charge is 0.493 e. The van der Waals surface area contributed by atoms with Crippen molar-refractivity contribution in [2.75, 3.05) is 19.0 Å². The molecule has 0 aliphatic carbocycles. The van der Waals surface area contributed by atoms with Crippen molar-refractivity contribution < 1.29 is 23.9 Å². The van der Waals surface area contributed by atoms with Gasteiger partial charge in [0.25, 0.3) is 5.91 Å². The number of nitrogens with one attached hydrogen (secondary N) is 2. The number of carbonyl (C=O) groups is 3. The van der Waals surface area contributed by atoms with Crippen LogP contribution < -0.4 is 20.1 Å². The number of anilines is 1. The second-order valence-electron chi connectivity index (χ2n) is 8.60. The summed E-state index contributed by atoms with van der Waals surface area (Å²) in [5, 5.41) is 5.24. The highest BCUT2D eigenvalue weighted by atomic mass is 79.9. The van der Waals surface area contributed by atoms with Gasteiger partial charge in [0.2, 0.25) is 5.91 Å². The number of hydrogen-bond acceptors (Lipinski definition) is 5. The molecule has 0 atom stereocenters. The maximum atomic E-state index is 12.9. The van der Waals surface area contributed by atoms with Gasteiger partial charge in [0.15, 0.2) is 11.5 Å². The van der Waals surface area contributed by atoms with Crippen molar-refractivity contribution in [2.45, 2.75) is 20.5 Å². The number of rotatable bonds is 8. The molecule has 1 heterocycles. The van der Waals surface area contributed by atoms with Gasteiger partial charge in [0.05, 0.1) is 7.11 Å². The van der Waals surface area contributed by atoms with Gasteiger partial charge < -0.3 is 20.1 Å². The highest BCUT2D eigenvalue weighted by Crippen LogP contribution is 2.35. The highest BCUT2D eigenvalue weighted by Gasteiger charge is 2.35. The van der Waals surface area contributed by atoms with Crippen LogP contribution in [-0.2, 0) is 16.2 Å². The third-order valence-electron chi connectivity index (χ3n) is 5.63. The third kappa shape index (κ3) is 6.37. The zero-order chi connectivity index (χ0) is 26.5. The van der Waals surface area contributed by atoms with Crippen LogP contribution in [0.25, 0.3) is 6.08 Å². The number of methoxy groups -OCH3 is 1. The molecular weight excluding hydrogens is 538 g/mol. The van der Waals surface area contributed by atoms with Crippen LogP contribution in [0.15, 0.2) is 70.8 Å². The molecule has 0 aromatic heterocycles. The molecule has 0 unspecified atom stereocenters. The van der Waals surface area contributed by atoms with Gasteiger partial charge in [-0.05, 0) is 60.9 Å². The topological polar surface area (TPSA) is 97.0 Å². The van der Waals surface area contributed by atoms with Crippen LogP contribution in [0.1, 0.15) is 22.3 Å². The van der Waals surface area contributed by atoms with E-state index < -0.39 is 24.4 Å². The molecule has 1 fully saturated rings. The van der Waals surface area contributed by atoms with Gasteiger partial charge >= 0.3 is 6.03 Å². The Hall–Kier alpha value is -4.11. The van der Waals surface area contributed by atoms with Gasteiger partial charge in [-0.15, -0.1) is 0 Å². The summed E-state index contributed by atoms with van der Waals surface area (Å²) in [4.78, 5) is 38.7. The summed E-state index contributed by atoms with van der Waals surface area (Å²) in [6, 6.07) is 18.0. The molecule has 9 heteroatoms. The van der Waals surface area contributed by atoms with Crippen LogP contribution in [0.4, 0.5) is 10.5 Å². The number of hydrogen-bond donors (Lipinski definition) is 2. The molecule has 8 nitrogen and oxygen atoms in total. The number of imide groups is 1. The molecular formula is C28H26BrN3O5. The molecule has 190 valence electrons. The van der Waals surface area contributed by atoms with Crippen LogP contribution in [0.5, 0.6) is 11.5 Å². The van der Waals surface area contributed by atoms with E-state index in [1.807, 2.05) is 50.2 Å². The number of amides is 4. The van der Waals surface area contributed by atoms with Crippen LogP contribution in [0, 0.1) is 13.8 Å². The van der Waals surface area contributed by atoms with E-state index in [1.54, 1.807) is 24.3 Å². The Morgan fingerprint density at radius 2 is 1.76 bits per heavy atom. The summed E-state index contributed by atoms with van der Waals surface area (Å²) in [5.41, 5.74) is 4.37. The molecule has 3 aromatic carbocycles. The Bertz CT molecular complexity index is 1400. The lowest BCUT2D eigenvalue weighted by molar-refractivity contribution is -0.127. The summed E-state index contributed by atoms with van der Waals surface area (Å²) in [5.74, 6) is -0.0912. The van der Waals surface area contributed by atoms with Gasteiger partial charge in [-0.2, -0.15) is 0 Å². The maximum absolute atomic E-state index is 12.9. The standard InChI is InChI=1S/C28H26BrN3O5/c1-17-6-4-8-19(10-17)16-37-25-14-22(29)20(13-24(25)36-3)12-23-27(34)32(28(35)31-23)15-26(33)30-21-9-5-7-18(2)11-21/h4-14H,15-16H2,1-3H3,(H,30,33)(H,31,35)/b23-12+. The molecule has 37 heavy (non-hydrogen) atoms. The zero-order valence-corrected chi connectivity index (χ0v) is 22.2. The van der Waals surface area contributed by atoms with E-state index in [-0.39, 0.29) is 5.70 Å². The van der Waals surface area contributed by atoms with E-state index in [9.17, 15) is 14.4 Å². The van der Waals surface area contributed by atoms with Crippen molar-refractivity contribution in [3.05, 3.63) is 93.1 Å². The Labute approximate surface area is 223 Å². The quantitative estimate of drug-likeness (QED) is 0.290. The van der Waals surface area contributed by atoms with Gasteiger partial charge in [-0.1, -0.05) is 57.9 Å². The average molecular weight is 564 g/mol. The van der Waals surface area contributed by atoms with Crippen LogP contribution in [0.2, 0.25) is 0 Å². The summed E-state index contributed by atoms with van der Waals surface area (Å²) < 4.78 is 12.1. The number of aryl methyl sites for hydroxylation is 2. The van der Waals surface area contributed by atoms with Gasteiger partial charge in [0.1, 0.15) is 18.8 Å². The summed E-state index contributed by atoms with van der Waals surface area (Å²) in [6.45, 7) is 3.87. The molecule has 0 radical (unpaired) electrons. The highest BCUT2D eigenvalue weighted by molar-refractivity contribution is 9.10. The molecule has 1 aliphatic rings. The lowest BCUT2D eigenvalue weighted by Crippen LogP contribution is -2.38. The van der Waals surface area contributed by atoms with Crippen molar-refractivity contribution in [1.82, 2.24) is 10.2 Å². The molecule has 4 amide bonds. The number of halogens is 1. The van der Waals surface area contributed by atoms with Gasteiger partial charge in [0, 0.05) is 10.2 Å². The maximum Gasteiger partial charge on any atom is 0.329 e. The van der Waals surface area contributed by atoms with E-state index in [0.717, 1.165) is 21.6 Å². The fourth-order valence-electron chi connectivity index (χ4n) is 3.83. The normalized spacial score (nSPS) is 14.1. The molecule has 1 saturated heterocycles. The van der Waals surface area contributed by atoms with Crippen molar-refractivity contribution in [2.24, 2.45) is 0 Å². The molecule has 3 aromatic rings. The van der Waals surface area contributed by atoms with Crippen molar-refractivity contribution in [3.8, 4) is 11.5 Å². The fraction of sp³-hybridized carbons (Fsp3) is 0.179. The predicted octanol–water partition coefficient (Wildman–Crippen LogP) is 5.18. The first-order valence-electron chi connectivity index (χ1n) is 11.5. The van der Waals surface area contributed by atoms with E-state index in [4.69, 9.17) is 9.47 Å².